The molecule has 8 heteroatoms. The van der Waals surface area contributed by atoms with Crippen LogP contribution < -0.4 is 4.72 Å². The second-order valence-corrected chi connectivity index (χ2v) is 5.10. The minimum Gasteiger partial charge on any atom is -0.395 e. The van der Waals surface area contributed by atoms with E-state index in [0.717, 1.165) is 0 Å². The van der Waals surface area contributed by atoms with E-state index in [2.05, 4.69) is 9.71 Å². The van der Waals surface area contributed by atoms with Gasteiger partial charge in [0.25, 0.3) is 0 Å². The van der Waals surface area contributed by atoms with E-state index >= 15 is 0 Å². The Morgan fingerprint density at radius 1 is 1.67 bits per heavy atom. The lowest BCUT2D eigenvalue weighted by Crippen LogP contribution is -2.40. The number of nitriles is 1. The molecule has 1 aromatic heterocycles. The number of ether oxygens (including phenoxy) is 1. The first-order valence-electron chi connectivity index (χ1n) is 5.02. The van der Waals surface area contributed by atoms with Gasteiger partial charge in [-0.05, 0) is 12.1 Å². The highest BCUT2D eigenvalue weighted by atomic mass is 32.2. The molecule has 0 aliphatic carbocycles. The summed E-state index contributed by atoms with van der Waals surface area (Å²) in [4.78, 5) is 3.45. The zero-order valence-corrected chi connectivity index (χ0v) is 10.5. The molecule has 0 amide bonds. The zero-order chi connectivity index (χ0) is 13.6. The van der Waals surface area contributed by atoms with E-state index in [1.54, 1.807) is 6.07 Å². The summed E-state index contributed by atoms with van der Waals surface area (Å²) in [5, 5.41) is 17.8. The summed E-state index contributed by atoms with van der Waals surface area (Å²) >= 11 is 0. The number of aromatic nitrogens is 1. The Bertz CT molecular complexity index is 538. The van der Waals surface area contributed by atoms with Gasteiger partial charge in [-0.1, -0.05) is 0 Å². The van der Waals surface area contributed by atoms with Gasteiger partial charge in [0.15, 0.2) is 5.69 Å². The number of sulfonamides is 1. The summed E-state index contributed by atoms with van der Waals surface area (Å²) in [7, 11) is -2.52. The van der Waals surface area contributed by atoms with E-state index in [4.69, 9.17) is 15.1 Å². The average Bonchev–Trinajstić information content (AvgIpc) is 2.38. The lowest BCUT2D eigenvalue weighted by molar-refractivity contribution is 0.139. The van der Waals surface area contributed by atoms with Gasteiger partial charge < -0.3 is 9.84 Å². The summed E-state index contributed by atoms with van der Waals surface area (Å²) in [6.45, 7) is -0.382. The first kappa shape index (κ1) is 14.5. The number of hydrogen-bond acceptors (Lipinski definition) is 6. The monoisotopic (exact) mass is 271 g/mol. The second-order valence-electron chi connectivity index (χ2n) is 3.42. The SMILES string of the molecule is COCC(CO)NS(=O)(=O)c1cccnc1C#N. The maximum atomic E-state index is 12.0. The van der Waals surface area contributed by atoms with E-state index in [-0.39, 0.29) is 17.2 Å². The molecule has 2 N–H and O–H groups in total. The Kier molecular flexibility index (Phi) is 5.18. The van der Waals surface area contributed by atoms with Crippen LogP contribution in [0.1, 0.15) is 5.69 Å². The van der Waals surface area contributed by atoms with Crippen LogP contribution in [0.25, 0.3) is 0 Å². The molecule has 18 heavy (non-hydrogen) atoms. The molecule has 0 aliphatic heterocycles. The smallest absolute Gasteiger partial charge is 0.243 e. The van der Waals surface area contributed by atoms with Gasteiger partial charge in [-0.25, -0.2) is 18.1 Å². The Balaban J connectivity index is 3.03. The fraction of sp³-hybridized carbons (Fsp3) is 0.400. The fourth-order valence-corrected chi connectivity index (χ4v) is 2.62. The minimum atomic E-state index is -3.91. The van der Waals surface area contributed by atoms with Crippen molar-refractivity contribution in [1.82, 2.24) is 9.71 Å². The normalized spacial score (nSPS) is 12.9. The molecule has 1 heterocycles. The third kappa shape index (κ3) is 3.48. The Morgan fingerprint density at radius 3 is 2.94 bits per heavy atom. The molecular weight excluding hydrogens is 258 g/mol. The number of hydrogen-bond donors (Lipinski definition) is 2. The highest BCUT2D eigenvalue weighted by molar-refractivity contribution is 7.89. The molecule has 0 aliphatic rings. The predicted molar refractivity (Wildman–Crippen MR) is 62.0 cm³/mol. The number of nitrogens with one attached hydrogen (secondary N) is 1. The van der Waals surface area contributed by atoms with Crippen molar-refractivity contribution in [2.24, 2.45) is 0 Å². The van der Waals surface area contributed by atoms with Crippen molar-refractivity contribution in [2.45, 2.75) is 10.9 Å². The number of rotatable bonds is 6. The van der Waals surface area contributed by atoms with Gasteiger partial charge in [0.05, 0.1) is 19.3 Å². The second kappa shape index (κ2) is 6.42. The van der Waals surface area contributed by atoms with Crippen molar-refractivity contribution in [3.8, 4) is 6.07 Å². The predicted octanol–water partition coefficient (Wildman–Crippen LogP) is -0.761. The van der Waals surface area contributed by atoms with Crippen LogP contribution in [0.5, 0.6) is 0 Å². The third-order valence-electron chi connectivity index (χ3n) is 2.08. The zero-order valence-electron chi connectivity index (χ0n) is 9.70. The molecule has 1 unspecified atom stereocenters. The molecule has 1 aromatic rings. The molecule has 0 spiro atoms. The van der Waals surface area contributed by atoms with E-state index in [9.17, 15) is 8.42 Å². The molecule has 0 bridgehead atoms. The van der Waals surface area contributed by atoms with Gasteiger partial charge in [-0.2, -0.15) is 5.26 Å². The van der Waals surface area contributed by atoms with Crippen molar-refractivity contribution >= 4 is 10.0 Å². The highest BCUT2D eigenvalue weighted by Gasteiger charge is 2.23. The number of nitrogens with zero attached hydrogens (tertiary/aromatic N) is 2. The largest absolute Gasteiger partial charge is 0.395 e. The van der Waals surface area contributed by atoms with Crippen LogP contribution in [-0.2, 0) is 14.8 Å². The highest BCUT2D eigenvalue weighted by Crippen LogP contribution is 2.12. The molecule has 0 saturated carbocycles. The summed E-state index contributed by atoms with van der Waals surface area (Å²) in [6, 6.07) is 3.62. The number of pyridine rings is 1. The molecule has 1 rings (SSSR count). The standard InChI is InChI=1S/C10H13N3O4S/c1-17-7-8(6-14)13-18(15,16)10-3-2-4-12-9(10)5-11/h2-4,8,13-14H,6-7H2,1H3. The molecule has 0 aromatic carbocycles. The summed E-state index contributed by atoms with van der Waals surface area (Å²) < 4.78 is 31.0. The fourth-order valence-electron chi connectivity index (χ4n) is 1.30. The maximum Gasteiger partial charge on any atom is 0.243 e. The lowest BCUT2D eigenvalue weighted by atomic mass is 10.4. The van der Waals surface area contributed by atoms with Crippen LogP contribution in [0.4, 0.5) is 0 Å². The van der Waals surface area contributed by atoms with Gasteiger partial charge in [0, 0.05) is 13.3 Å². The van der Waals surface area contributed by atoms with E-state index < -0.39 is 22.7 Å². The topological polar surface area (TPSA) is 112 Å². The summed E-state index contributed by atoms with van der Waals surface area (Å²) in [5.74, 6) is 0. The van der Waals surface area contributed by atoms with Gasteiger partial charge in [-0.15, -0.1) is 0 Å². The number of aliphatic hydroxyl groups is 1. The van der Waals surface area contributed by atoms with Crippen LogP contribution in [0.3, 0.4) is 0 Å². The van der Waals surface area contributed by atoms with Crippen LogP contribution in [-0.4, -0.2) is 44.9 Å². The Morgan fingerprint density at radius 2 is 2.39 bits per heavy atom. The number of methoxy groups -OCH3 is 1. The minimum absolute atomic E-state index is 0.0257. The van der Waals surface area contributed by atoms with E-state index in [0.29, 0.717) is 0 Å². The quantitative estimate of drug-likeness (QED) is 0.703. The van der Waals surface area contributed by atoms with Crippen LogP contribution in [0, 0.1) is 11.3 Å². The molecule has 7 nitrogen and oxygen atoms in total. The first-order chi connectivity index (χ1) is 8.55. The van der Waals surface area contributed by atoms with Crippen LogP contribution >= 0.6 is 0 Å². The number of aliphatic hydroxyl groups excluding tert-OH is 1. The van der Waals surface area contributed by atoms with Crippen molar-refractivity contribution in [1.29, 1.82) is 5.26 Å². The third-order valence-corrected chi connectivity index (χ3v) is 3.63. The summed E-state index contributed by atoms with van der Waals surface area (Å²) in [6.07, 6.45) is 1.33. The summed E-state index contributed by atoms with van der Waals surface area (Å²) in [5.41, 5.74) is -0.195. The average molecular weight is 271 g/mol. The molecule has 1 atom stereocenters. The van der Waals surface area contributed by atoms with Gasteiger partial charge in [-0.3, -0.25) is 0 Å². The lowest BCUT2D eigenvalue weighted by Gasteiger charge is -2.15. The van der Waals surface area contributed by atoms with Gasteiger partial charge >= 0.3 is 0 Å². The van der Waals surface area contributed by atoms with Gasteiger partial charge in [0.1, 0.15) is 11.0 Å². The van der Waals surface area contributed by atoms with E-state index in [1.165, 1.54) is 25.4 Å². The van der Waals surface area contributed by atoms with Crippen molar-refractivity contribution in [2.75, 3.05) is 20.3 Å². The Labute approximate surface area is 105 Å². The molecule has 0 radical (unpaired) electrons. The van der Waals surface area contributed by atoms with Crippen LogP contribution in [0.2, 0.25) is 0 Å². The molecular formula is C10H13N3O4S. The van der Waals surface area contributed by atoms with Gasteiger partial charge in [0.2, 0.25) is 10.0 Å². The first-order valence-corrected chi connectivity index (χ1v) is 6.50. The van der Waals surface area contributed by atoms with Crippen molar-refractivity contribution < 1.29 is 18.3 Å². The molecule has 0 saturated heterocycles. The molecule has 98 valence electrons. The van der Waals surface area contributed by atoms with Crippen molar-refractivity contribution in [3.05, 3.63) is 24.0 Å². The van der Waals surface area contributed by atoms with Crippen LogP contribution in [0.15, 0.2) is 23.2 Å². The maximum absolute atomic E-state index is 12.0. The van der Waals surface area contributed by atoms with Crippen molar-refractivity contribution in [3.63, 3.8) is 0 Å². The molecule has 0 fully saturated rings. The van der Waals surface area contributed by atoms with E-state index in [1.807, 2.05) is 0 Å². The Hall–Kier alpha value is -1.53.